The van der Waals surface area contributed by atoms with Gasteiger partial charge in [-0.1, -0.05) is 19.9 Å². The lowest BCUT2D eigenvalue weighted by Crippen LogP contribution is -2.26. The second kappa shape index (κ2) is 5.33. The first-order valence-electron chi connectivity index (χ1n) is 6.47. The molecule has 0 bridgehead atoms. The Kier molecular flexibility index (Phi) is 4.04. The molecule has 1 fully saturated rings. The summed E-state index contributed by atoms with van der Waals surface area (Å²) in [6, 6.07) is 4.58. The fourth-order valence-corrected chi connectivity index (χ4v) is 3.70. The minimum atomic E-state index is 0.285. The van der Waals surface area contributed by atoms with E-state index in [1.807, 2.05) is 0 Å². The van der Waals surface area contributed by atoms with Gasteiger partial charge >= 0.3 is 0 Å². The molecule has 0 aliphatic heterocycles. The molecule has 2 N–H and O–H groups in total. The van der Waals surface area contributed by atoms with Crippen molar-refractivity contribution in [2.45, 2.75) is 45.6 Å². The second-order valence-corrected chi connectivity index (χ2v) is 6.44. The van der Waals surface area contributed by atoms with Crippen LogP contribution in [0.2, 0.25) is 0 Å². The molecule has 1 aliphatic carbocycles. The maximum absolute atomic E-state index is 6.35. The van der Waals surface area contributed by atoms with Crippen molar-refractivity contribution in [1.29, 1.82) is 0 Å². The first-order chi connectivity index (χ1) is 7.68. The van der Waals surface area contributed by atoms with Crippen LogP contribution in [0.4, 0.5) is 0 Å². The van der Waals surface area contributed by atoms with Crippen LogP contribution in [0, 0.1) is 17.8 Å². The smallest absolute Gasteiger partial charge is 0.0418 e. The highest BCUT2D eigenvalue weighted by molar-refractivity contribution is 7.10. The highest BCUT2D eigenvalue weighted by atomic mass is 32.1. The third-order valence-electron chi connectivity index (χ3n) is 4.14. The third-order valence-corrected chi connectivity index (χ3v) is 5.11. The molecule has 0 amide bonds. The van der Waals surface area contributed by atoms with Gasteiger partial charge in [0.1, 0.15) is 0 Å². The van der Waals surface area contributed by atoms with E-state index in [2.05, 4.69) is 31.4 Å². The molecule has 16 heavy (non-hydrogen) atoms. The minimum Gasteiger partial charge on any atom is -0.323 e. The zero-order valence-corrected chi connectivity index (χ0v) is 11.2. The van der Waals surface area contributed by atoms with E-state index in [0.717, 1.165) is 11.8 Å². The zero-order valence-electron chi connectivity index (χ0n) is 10.4. The molecule has 0 aromatic carbocycles. The Balaban J connectivity index is 1.89. The van der Waals surface area contributed by atoms with Crippen molar-refractivity contribution in [3.05, 3.63) is 22.4 Å². The molecule has 1 nitrogen and oxygen atoms in total. The Hall–Kier alpha value is -0.340. The van der Waals surface area contributed by atoms with E-state index >= 15 is 0 Å². The summed E-state index contributed by atoms with van der Waals surface area (Å²) >= 11 is 1.81. The van der Waals surface area contributed by atoms with Crippen molar-refractivity contribution in [2.75, 3.05) is 0 Å². The SMILES string of the molecule is CC(C)C1CCC(C(N)c2cccs2)CC1. The second-order valence-electron chi connectivity index (χ2n) is 5.46. The van der Waals surface area contributed by atoms with Gasteiger partial charge in [-0.2, -0.15) is 0 Å². The van der Waals surface area contributed by atoms with E-state index in [1.54, 1.807) is 11.3 Å². The first kappa shape index (κ1) is 12.1. The van der Waals surface area contributed by atoms with Crippen LogP contribution in [-0.4, -0.2) is 0 Å². The highest BCUT2D eigenvalue weighted by Crippen LogP contribution is 2.39. The Morgan fingerprint density at radius 1 is 1.19 bits per heavy atom. The number of rotatable bonds is 3. The normalized spacial score (nSPS) is 28.2. The lowest BCUT2D eigenvalue weighted by Gasteiger charge is -2.33. The van der Waals surface area contributed by atoms with Crippen LogP contribution in [0.15, 0.2) is 17.5 Å². The summed E-state index contributed by atoms with van der Waals surface area (Å²) in [6.07, 6.45) is 5.40. The van der Waals surface area contributed by atoms with Crippen molar-refractivity contribution in [1.82, 2.24) is 0 Å². The number of hydrogen-bond donors (Lipinski definition) is 1. The molecule has 90 valence electrons. The maximum atomic E-state index is 6.35. The molecule has 0 saturated heterocycles. The van der Waals surface area contributed by atoms with Crippen LogP contribution >= 0.6 is 11.3 Å². The molecule has 1 aromatic rings. The topological polar surface area (TPSA) is 26.0 Å². The average Bonchev–Trinajstić information content (AvgIpc) is 2.81. The molecule has 1 atom stereocenters. The first-order valence-corrected chi connectivity index (χ1v) is 7.35. The van der Waals surface area contributed by atoms with Gasteiger partial charge in [-0.25, -0.2) is 0 Å². The number of nitrogens with two attached hydrogens (primary N) is 1. The third kappa shape index (κ3) is 2.67. The molecule has 0 spiro atoms. The van der Waals surface area contributed by atoms with E-state index in [0.29, 0.717) is 5.92 Å². The van der Waals surface area contributed by atoms with E-state index in [1.165, 1.54) is 30.6 Å². The van der Waals surface area contributed by atoms with E-state index < -0.39 is 0 Å². The number of thiophene rings is 1. The summed E-state index contributed by atoms with van der Waals surface area (Å²) in [7, 11) is 0. The van der Waals surface area contributed by atoms with Crippen LogP contribution in [0.25, 0.3) is 0 Å². The molecule has 1 aliphatic rings. The van der Waals surface area contributed by atoms with Gasteiger partial charge in [0, 0.05) is 10.9 Å². The lowest BCUT2D eigenvalue weighted by molar-refractivity contribution is 0.204. The Bertz CT molecular complexity index is 297. The molecule has 1 aromatic heterocycles. The van der Waals surface area contributed by atoms with Gasteiger partial charge in [0.2, 0.25) is 0 Å². The van der Waals surface area contributed by atoms with Crippen LogP contribution in [0.5, 0.6) is 0 Å². The van der Waals surface area contributed by atoms with E-state index in [9.17, 15) is 0 Å². The monoisotopic (exact) mass is 237 g/mol. The van der Waals surface area contributed by atoms with Gasteiger partial charge in [0.15, 0.2) is 0 Å². The fourth-order valence-electron chi connectivity index (χ4n) is 2.88. The molecule has 1 heterocycles. The van der Waals surface area contributed by atoms with Gasteiger partial charge in [-0.05, 0) is 54.9 Å². The molecular weight excluding hydrogens is 214 g/mol. The number of hydrogen-bond acceptors (Lipinski definition) is 2. The average molecular weight is 237 g/mol. The quantitative estimate of drug-likeness (QED) is 0.837. The van der Waals surface area contributed by atoms with Crippen LogP contribution < -0.4 is 5.73 Å². The van der Waals surface area contributed by atoms with E-state index in [-0.39, 0.29) is 6.04 Å². The van der Waals surface area contributed by atoms with Crippen LogP contribution in [0.1, 0.15) is 50.4 Å². The van der Waals surface area contributed by atoms with Crippen LogP contribution in [0.3, 0.4) is 0 Å². The molecule has 1 unspecified atom stereocenters. The summed E-state index contributed by atoms with van der Waals surface area (Å²) in [5, 5.41) is 2.13. The Labute approximate surface area is 103 Å². The Morgan fingerprint density at radius 3 is 2.31 bits per heavy atom. The molecular formula is C14H23NS. The molecule has 0 radical (unpaired) electrons. The minimum absolute atomic E-state index is 0.285. The Morgan fingerprint density at radius 2 is 1.81 bits per heavy atom. The van der Waals surface area contributed by atoms with Crippen molar-refractivity contribution >= 4 is 11.3 Å². The molecule has 2 heteroatoms. The van der Waals surface area contributed by atoms with Crippen molar-refractivity contribution in [3.63, 3.8) is 0 Å². The summed E-state index contributed by atoms with van der Waals surface area (Å²) in [6.45, 7) is 4.70. The summed E-state index contributed by atoms with van der Waals surface area (Å²) in [4.78, 5) is 1.37. The predicted octanol–water partition coefficient (Wildman–Crippen LogP) is 4.21. The van der Waals surface area contributed by atoms with Crippen molar-refractivity contribution < 1.29 is 0 Å². The lowest BCUT2D eigenvalue weighted by atomic mass is 9.74. The van der Waals surface area contributed by atoms with Gasteiger partial charge in [-0.15, -0.1) is 11.3 Å². The molecule has 1 saturated carbocycles. The predicted molar refractivity (Wildman–Crippen MR) is 71.5 cm³/mol. The van der Waals surface area contributed by atoms with Gasteiger partial charge < -0.3 is 5.73 Å². The van der Waals surface area contributed by atoms with Gasteiger partial charge in [0.05, 0.1) is 0 Å². The van der Waals surface area contributed by atoms with Gasteiger partial charge in [-0.3, -0.25) is 0 Å². The summed E-state index contributed by atoms with van der Waals surface area (Å²) in [5.74, 6) is 2.50. The molecule has 2 rings (SSSR count). The fraction of sp³-hybridized carbons (Fsp3) is 0.714. The van der Waals surface area contributed by atoms with Crippen molar-refractivity contribution in [3.8, 4) is 0 Å². The van der Waals surface area contributed by atoms with Crippen molar-refractivity contribution in [2.24, 2.45) is 23.5 Å². The summed E-state index contributed by atoms with van der Waals surface area (Å²) in [5.41, 5.74) is 6.35. The maximum Gasteiger partial charge on any atom is 0.0418 e. The van der Waals surface area contributed by atoms with Gasteiger partial charge in [0.25, 0.3) is 0 Å². The van der Waals surface area contributed by atoms with Crippen LogP contribution in [-0.2, 0) is 0 Å². The highest BCUT2D eigenvalue weighted by Gasteiger charge is 2.27. The zero-order chi connectivity index (χ0) is 11.5. The van der Waals surface area contributed by atoms with E-state index in [4.69, 9.17) is 5.73 Å². The summed E-state index contributed by atoms with van der Waals surface area (Å²) < 4.78 is 0. The standard InChI is InChI=1S/C14H23NS/c1-10(2)11-5-7-12(8-6-11)14(15)13-4-3-9-16-13/h3-4,9-12,14H,5-8,15H2,1-2H3. The largest absolute Gasteiger partial charge is 0.323 e.